The molecule has 1 N–H and O–H groups in total. The molecule has 2 aliphatic rings. The van der Waals surface area contributed by atoms with Crippen LogP contribution in [0.1, 0.15) is 35.7 Å². The van der Waals surface area contributed by atoms with Gasteiger partial charge in [-0.2, -0.15) is 0 Å². The largest absolute Gasteiger partial charge is 0.462 e. The van der Waals surface area contributed by atoms with Gasteiger partial charge in [0.2, 0.25) is 0 Å². The number of carbonyl (C=O) groups excluding carboxylic acids is 2. The van der Waals surface area contributed by atoms with Crippen molar-refractivity contribution in [2.24, 2.45) is 5.92 Å². The van der Waals surface area contributed by atoms with Crippen LogP contribution in [-0.4, -0.2) is 40.8 Å². The fourth-order valence-corrected chi connectivity index (χ4v) is 4.31. The van der Waals surface area contributed by atoms with Crippen LogP contribution in [0.2, 0.25) is 0 Å². The maximum absolute atomic E-state index is 11.9. The normalized spacial score (nSPS) is 20.4. The van der Waals surface area contributed by atoms with E-state index in [0.717, 1.165) is 42.9 Å². The third-order valence-electron chi connectivity index (χ3n) is 4.51. The molecule has 2 saturated heterocycles. The molecule has 2 heterocycles. The second-order valence-corrected chi connectivity index (χ2v) is 8.13. The van der Waals surface area contributed by atoms with Crippen molar-refractivity contribution in [2.75, 3.05) is 19.7 Å². The van der Waals surface area contributed by atoms with Crippen molar-refractivity contribution in [3.8, 4) is 0 Å². The first-order chi connectivity index (χ1) is 12.5. The molecule has 0 saturated carbocycles. The lowest BCUT2D eigenvalue weighted by atomic mass is 9.95. The van der Waals surface area contributed by atoms with Crippen LogP contribution in [0.5, 0.6) is 0 Å². The van der Waals surface area contributed by atoms with Gasteiger partial charge in [0.05, 0.1) is 17.1 Å². The third-order valence-corrected chi connectivity index (χ3v) is 5.69. The first kappa shape index (κ1) is 19.1. The van der Waals surface area contributed by atoms with E-state index in [9.17, 15) is 9.59 Å². The Labute approximate surface area is 163 Å². The zero-order valence-electron chi connectivity index (χ0n) is 14.7. The van der Waals surface area contributed by atoms with Gasteiger partial charge in [-0.05, 0) is 56.5 Å². The van der Waals surface area contributed by atoms with Gasteiger partial charge >= 0.3 is 5.97 Å². The molecule has 5 nitrogen and oxygen atoms in total. The van der Waals surface area contributed by atoms with E-state index in [1.54, 1.807) is 6.07 Å². The SMILES string of the molecule is CCOC(=O)c1cccc(CN2CCC(C=C3SC(=S)NC3=O)CC2)c1. The highest BCUT2D eigenvalue weighted by Gasteiger charge is 2.25. The van der Waals surface area contributed by atoms with E-state index < -0.39 is 0 Å². The molecule has 0 aliphatic carbocycles. The van der Waals surface area contributed by atoms with Crippen LogP contribution in [0.4, 0.5) is 0 Å². The number of hydrogen-bond donors (Lipinski definition) is 1. The quantitative estimate of drug-likeness (QED) is 0.474. The third kappa shape index (κ3) is 4.93. The Morgan fingerprint density at radius 2 is 2.19 bits per heavy atom. The van der Waals surface area contributed by atoms with E-state index in [4.69, 9.17) is 17.0 Å². The minimum Gasteiger partial charge on any atom is -0.462 e. The van der Waals surface area contributed by atoms with Gasteiger partial charge in [0.1, 0.15) is 4.32 Å². The van der Waals surface area contributed by atoms with Gasteiger partial charge in [0, 0.05) is 6.54 Å². The number of hydrogen-bond acceptors (Lipinski definition) is 6. The summed E-state index contributed by atoms with van der Waals surface area (Å²) in [6, 6.07) is 7.63. The summed E-state index contributed by atoms with van der Waals surface area (Å²) in [5.74, 6) is 0.0643. The van der Waals surface area contributed by atoms with Crippen LogP contribution < -0.4 is 5.32 Å². The maximum atomic E-state index is 11.9. The van der Waals surface area contributed by atoms with Crippen molar-refractivity contribution in [2.45, 2.75) is 26.3 Å². The summed E-state index contributed by atoms with van der Waals surface area (Å²) in [5, 5.41) is 2.66. The lowest BCUT2D eigenvalue weighted by molar-refractivity contribution is -0.115. The summed E-state index contributed by atoms with van der Waals surface area (Å²) in [6.07, 6.45) is 4.10. The van der Waals surface area contributed by atoms with E-state index in [2.05, 4.69) is 16.3 Å². The van der Waals surface area contributed by atoms with Gasteiger partial charge in [-0.3, -0.25) is 9.69 Å². The molecule has 138 valence electrons. The number of carbonyl (C=O) groups is 2. The number of nitrogens with zero attached hydrogens (tertiary/aromatic N) is 1. The van der Waals surface area contributed by atoms with E-state index >= 15 is 0 Å². The van der Waals surface area contributed by atoms with Crippen molar-refractivity contribution in [1.29, 1.82) is 0 Å². The predicted octanol–water partition coefficient (Wildman–Crippen LogP) is 3.11. The summed E-state index contributed by atoms with van der Waals surface area (Å²) in [4.78, 5) is 26.7. The number of piperidine rings is 1. The van der Waals surface area contributed by atoms with E-state index in [0.29, 0.717) is 22.4 Å². The van der Waals surface area contributed by atoms with E-state index in [1.165, 1.54) is 11.8 Å². The zero-order chi connectivity index (χ0) is 18.5. The molecule has 0 aromatic heterocycles. The lowest BCUT2D eigenvalue weighted by Gasteiger charge is -2.30. The average Bonchev–Trinajstić information content (AvgIpc) is 2.94. The molecule has 26 heavy (non-hydrogen) atoms. The van der Waals surface area contributed by atoms with Crippen LogP contribution in [0, 0.1) is 5.92 Å². The van der Waals surface area contributed by atoms with Crippen molar-refractivity contribution < 1.29 is 14.3 Å². The Kier molecular flexibility index (Phi) is 6.45. The minimum atomic E-state index is -0.273. The highest BCUT2D eigenvalue weighted by Crippen LogP contribution is 2.28. The monoisotopic (exact) mass is 390 g/mol. The number of rotatable bonds is 5. The number of allylic oxidation sites excluding steroid dienone is 1. The lowest BCUT2D eigenvalue weighted by Crippen LogP contribution is -2.33. The topological polar surface area (TPSA) is 58.6 Å². The molecule has 0 spiro atoms. The minimum absolute atomic E-state index is 0.0711. The molecule has 0 radical (unpaired) electrons. The smallest absolute Gasteiger partial charge is 0.338 e. The van der Waals surface area contributed by atoms with Crippen LogP contribution in [-0.2, 0) is 16.1 Å². The van der Waals surface area contributed by atoms with Gasteiger partial charge in [-0.1, -0.05) is 42.2 Å². The molecule has 2 aliphatic heterocycles. The number of ether oxygens (including phenoxy) is 1. The maximum Gasteiger partial charge on any atom is 0.338 e. The van der Waals surface area contributed by atoms with Gasteiger partial charge in [-0.15, -0.1) is 0 Å². The predicted molar refractivity (Wildman–Crippen MR) is 107 cm³/mol. The standard InChI is InChI=1S/C19H22N2O3S2/c1-2-24-18(23)15-5-3-4-14(10-15)12-21-8-6-13(7-9-21)11-16-17(22)20-19(25)26-16/h3-5,10-11,13H,2,6-9,12H2,1H3,(H,20,22,25). The molecule has 3 rings (SSSR count). The summed E-state index contributed by atoms with van der Waals surface area (Å²) in [6.45, 7) is 4.94. The van der Waals surface area contributed by atoms with Crippen molar-refractivity contribution in [3.63, 3.8) is 0 Å². The molecule has 0 bridgehead atoms. The van der Waals surface area contributed by atoms with E-state index in [-0.39, 0.29) is 11.9 Å². The zero-order valence-corrected chi connectivity index (χ0v) is 16.3. The van der Waals surface area contributed by atoms with Gasteiger partial charge in [0.15, 0.2) is 0 Å². The van der Waals surface area contributed by atoms with Crippen LogP contribution >= 0.6 is 24.0 Å². The highest BCUT2D eigenvalue weighted by molar-refractivity contribution is 8.26. The van der Waals surface area contributed by atoms with E-state index in [1.807, 2.05) is 25.1 Å². The Morgan fingerprint density at radius 1 is 1.42 bits per heavy atom. The van der Waals surface area contributed by atoms with Gasteiger partial charge in [0.25, 0.3) is 5.91 Å². The Balaban J connectivity index is 1.54. The Bertz CT molecular complexity index is 740. The number of esters is 1. The number of nitrogens with one attached hydrogen (secondary N) is 1. The second-order valence-electron chi connectivity index (χ2n) is 6.41. The summed E-state index contributed by atoms with van der Waals surface area (Å²) in [7, 11) is 0. The van der Waals surface area contributed by atoms with Gasteiger partial charge in [-0.25, -0.2) is 4.79 Å². The molecule has 2 fully saturated rings. The molecule has 7 heteroatoms. The Morgan fingerprint density at radius 3 is 2.85 bits per heavy atom. The molecule has 0 unspecified atom stereocenters. The number of thioether (sulfide) groups is 1. The molecular weight excluding hydrogens is 368 g/mol. The fraction of sp³-hybridized carbons (Fsp3) is 0.421. The molecular formula is C19H22N2O3S2. The van der Waals surface area contributed by atoms with Crippen LogP contribution in [0.15, 0.2) is 35.2 Å². The summed E-state index contributed by atoms with van der Waals surface area (Å²) >= 11 is 6.38. The number of likely N-dealkylation sites (tertiary alicyclic amines) is 1. The van der Waals surface area contributed by atoms with Crippen molar-refractivity contribution >= 4 is 40.2 Å². The molecule has 0 atom stereocenters. The highest BCUT2D eigenvalue weighted by atomic mass is 32.2. The molecule has 1 aromatic carbocycles. The number of amides is 1. The fourth-order valence-electron chi connectivity index (χ4n) is 3.20. The molecule has 1 aromatic rings. The molecule has 1 amide bonds. The first-order valence-electron chi connectivity index (χ1n) is 8.78. The second kappa shape index (κ2) is 8.79. The first-order valence-corrected chi connectivity index (χ1v) is 10.0. The van der Waals surface area contributed by atoms with Crippen LogP contribution in [0.25, 0.3) is 0 Å². The summed E-state index contributed by atoms with van der Waals surface area (Å²) < 4.78 is 5.61. The average molecular weight is 391 g/mol. The number of benzene rings is 1. The Hall–Kier alpha value is -1.70. The van der Waals surface area contributed by atoms with Crippen molar-refractivity contribution in [1.82, 2.24) is 10.2 Å². The van der Waals surface area contributed by atoms with Gasteiger partial charge < -0.3 is 10.1 Å². The van der Waals surface area contributed by atoms with Crippen LogP contribution in [0.3, 0.4) is 0 Å². The number of thiocarbonyl (C=S) groups is 1. The summed E-state index contributed by atoms with van der Waals surface area (Å²) in [5.41, 5.74) is 1.72. The van der Waals surface area contributed by atoms with Crippen molar-refractivity contribution in [3.05, 3.63) is 46.4 Å².